The lowest BCUT2D eigenvalue weighted by Crippen LogP contribution is -2.49. The summed E-state index contributed by atoms with van der Waals surface area (Å²) in [6.45, 7) is 4.71. The third-order valence-electron chi connectivity index (χ3n) is 10.3. The first-order chi connectivity index (χ1) is 22.1. The second-order valence-corrected chi connectivity index (χ2v) is 13.6. The summed E-state index contributed by atoms with van der Waals surface area (Å²) in [6.07, 6.45) is 1.53. The van der Waals surface area contributed by atoms with E-state index in [1.54, 1.807) is 9.80 Å². The summed E-state index contributed by atoms with van der Waals surface area (Å²) in [5, 5.41) is 3.31. The Morgan fingerprint density at radius 3 is 2.15 bits per heavy atom. The average molecular weight is 641 g/mol. The zero-order valence-electron chi connectivity index (χ0n) is 26.1. The van der Waals surface area contributed by atoms with Gasteiger partial charge in [-0.1, -0.05) is 30.3 Å². The SMILES string of the molecule is O=C(c1ccc(C(F)(F)F)cc1)N1CCC2(CC1)CN(C[C@H]1CC[C@H](C(=O)NC3CCN(Cc4ccccc4)CC3)CC1)C(=O)O2. The minimum Gasteiger partial charge on any atom is -0.441 e. The fraction of sp³-hybridized carbons (Fsp3) is 0.571. The van der Waals surface area contributed by atoms with E-state index in [9.17, 15) is 27.6 Å². The molecule has 3 aliphatic heterocycles. The molecule has 4 aliphatic rings. The van der Waals surface area contributed by atoms with Gasteiger partial charge in [0.1, 0.15) is 5.60 Å². The Bertz CT molecular complexity index is 1360. The topological polar surface area (TPSA) is 82.2 Å². The molecular formula is C35H43F3N4O4. The lowest BCUT2D eigenvalue weighted by atomic mass is 9.81. The van der Waals surface area contributed by atoms with Crippen molar-refractivity contribution in [3.05, 3.63) is 71.3 Å². The summed E-state index contributed by atoms with van der Waals surface area (Å²) in [5.41, 5.74) is 0.0857. The highest BCUT2D eigenvalue weighted by Crippen LogP contribution is 2.37. The van der Waals surface area contributed by atoms with Crippen molar-refractivity contribution in [1.82, 2.24) is 20.0 Å². The minimum absolute atomic E-state index is 0.0157. The Morgan fingerprint density at radius 1 is 0.870 bits per heavy atom. The molecule has 46 heavy (non-hydrogen) atoms. The van der Waals surface area contributed by atoms with Gasteiger partial charge in [-0.3, -0.25) is 14.5 Å². The van der Waals surface area contributed by atoms with Gasteiger partial charge in [0.15, 0.2) is 0 Å². The first kappa shape index (κ1) is 32.3. The van der Waals surface area contributed by atoms with Crippen LogP contribution in [0.25, 0.3) is 0 Å². The van der Waals surface area contributed by atoms with Gasteiger partial charge in [-0.2, -0.15) is 13.2 Å². The summed E-state index contributed by atoms with van der Waals surface area (Å²) in [5.74, 6) is 0.174. The fourth-order valence-electron chi connectivity index (χ4n) is 7.51. The molecule has 11 heteroatoms. The van der Waals surface area contributed by atoms with E-state index in [4.69, 9.17) is 4.74 Å². The van der Waals surface area contributed by atoms with Crippen LogP contribution in [0.15, 0.2) is 54.6 Å². The van der Waals surface area contributed by atoms with E-state index in [-0.39, 0.29) is 35.4 Å². The Balaban J connectivity index is 0.904. The number of carbonyl (C=O) groups excluding carboxylic acids is 3. The van der Waals surface area contributed by atoms with Crippen molar-refractivity contribution < 1.29 is 32.3 Å². The van der Waals surface area contributed by atoms with Crippen LogP contribution in [0.5, 0.6) is 0 Å². The molecular weight excluding hydrogens is 597 g/mol. The van der Waals surface area contributed by atoms with Gasteiger partial charge in [-0.15, -0.1) is 0 Å². The zero-order chi connectivity index (χ0) is 32.3. The van der Waals surface area contributed by atoms with Gasteiger partial charge in [0.05, 0.1) is 12.1 Å². The van der Waals surface area contributed by atoms with E-state index in [0.717, 1.165) is 70.3 Å². The first-order valence-corrected chi connectivity index (χ1v) is 16.6. The van der Waals surface area contributed by atoms with Crippen molar-refractivity contribution in [3.8, 4) is 0 Å². The highest BCUT2D eigenvalue weighted by Gasteiger charge is 2.48. The number of ether oxygens (including phenoxy) is 1. The van der Waals surface area contributed by atoms with E-state index >= 15 is 0 Å². The van der Waals surface area contributed by atoms with Crippen LogP contribution in [0.3, 0.4) is 0 Å². The standard InChI is InChI=1S/C35H43F3N4O4/c36-35(37,38)29-12-10-28(11-13-29)32(44)41-20-16-34(17-21-41)24-42(33(45)46-34)23-26-6-8-27(9-7-26)31(43)39-30-14-18-40(19-15-30)22-25-4-2-1-3-5-25/h1-5,10-13,26-27,30H,6-9,14-24H2,(H,39,43)/t26-,27-. The number of amides is 3. The summed E-state index contributed by atoms with van der Waals surface area (Å²) in [4.78, 5) is 44.7. The van der Waals surface area contributed by atoms with Crippen molar-refractivity contribution in [3.63, 3.8) is 0 Å². The van der Waals surface area contributed by atoms with Gasteiger partial charge >= 0.3 is 12.3 Å². The van der Waals surface area contributed by atoms with Gasteiger partial charge in [-0.25, -0.2) is 4.79 Å². The molecule has 2 aromatic rings. The van der Waals surface area contributed by atoms with E-state index in [2.05, 4.69) is 34.5 Å². The lowest BCUT2D eigenvalue weighted by Gasteiger charge is -2.37. The highest BCUT2D eigenvalue weighted by molar-refractivity contribution is 5.94. The number of benzene rings is 2. The molecule has 6 rings (SSSR count). The molecule has 1 spiro atoms. The molecule has 2 aromatic carbocycles. The molecule has 1 aliphatic carbocycles. The molecule has 3 saturated heterocycles. The van der Waals surface area contributed by atoms with Crippen LogP contribution in [0, 0.1) is 11.8 Å². The van der Waals surface area contributed by atoms with Crippen molar-refractivity contribution >= 4 is 17.9 Å². The van der Waals surface area contributed by atoms with Crippen LogP contribution >= 0.6 is 0 Å². The number of nitrogens with zero attached hydrogens (tertiary/aromatic N) is 3. The predicted octanol–water partition coefficient (Wildman–Crippen LogP) is 5.72. The normalized spacial score (nSPS) is 24.2. The van der Waals surface area contributed by atoms with Gasteiger partial charge in [0.2, 0.25) is 5.91 Å². The Kier molecular flexibility index (Phi) is 9.59. The number of rotatable bonds is 7. The lowest BCUT2D eigenvalue weighted by molar-refractivity contribution is -0.137. The van der Waals surface area contributed by atoms with Crippen molar-refractivity contribution in [2.75, 3.05) is 39.3 Å². The smallest absolute Gasteiger partial charge is 0.416 e. The maximum Gasteiger partial charge on any atom is 0.416 e. The Morgan fingerprint density at radius 2 is 1.52 bits per heavy atom. The molecule has 3 heterocycles. The van der Waals surface area contributed by atoms with Crippen molar-refractivity contribution in [2.24, 2.45) is 11.8 Å². The van der Waals surface area contributed by atoms with Crippen LogP contribution in [0.4, 0.5) is 18.0 Å². The molecule has 4 fully saturated rings. The van der Waals surface area contributed by atoms with Gasteiger partial charge < -0.3 is 19.9 Å². The third-order valence-corrected chi connectivity index (χ3v) is 10.3. The molecule has 0 aromatic heterocycles. The molecule has 248 valence electrons. The summed E-state index contributed by atoms with van der Waals surface area (Å²) in [6, 6.07) is 15.0. The summed E-state index contributed by atoms with van der Waals surface area (Å²) in [7, 11) is 0. The number of carbonyl (C=O) groups is 3. The van der Waals surface area contributed by atoms with Gasteiger partial charge in [-0.05, 0) is 74.3 Å². The van der Waals surface area contributed by atoms with Crippen LogP contribution in [0.1, 0.15) is 72.9 Å². The van der Waals surface area contributed by atoms with Crippen LogP contribution < -0.4 is 5.32 Å². The summed E-state index contributed by atoms with van der Waals surface area (Å²) >= 11 is 0. The number of likely N-dealkylation sites (tertiary alicyclic amines) is 2. The largest absolute Gasteiger partial charge is 0.441 e. The maximum atomic E-state index is 13.1. The number of piperidine rings is 2. The molecule has 0 radical (unpaired) electrons. The Labute approximate surface area is 268 Å². The average Bonchev–Trinajstić information content (AvgIpc) is 3.35. The number of hydrogen-bond donors (Lipinski definition) is 1. The molecule has 0 atom stereocenters. The summed E-state index contributed by atoms with van der Waals surface area (Å²) < 4.78 is 44.5. The van der Waals surface area contributed by atoms with Crippen LogP contribution in [0.2, 0.25) is 0 Å². The van der Waals surface area contributed by atoms with Crippen LogP contribution in [-0.2, 0) is 22.3 Å². The predicted molar refractivity (Wildman–Crippen MR) is 166 cm³/mol. The van der Waals surface area contributed by atoms with E-state index in [0.29, 0.717) is 44.9 Å². The third kappa shape index (κ3) is 7.67. The fourth-order valence-corrected chi connectivity index (χ4v) is 7.51. The molecule has 8 nitrogen and oxygen atoms in total. The van der Waals surface area contributed by atoms with Crippen molar-refractivity contribution in [2.45, 2.75) is 75.7 Å². The number of halogens is 3. The van der Waals surface area contributed by atoms with Gasteiger partial charge in [0, 0.05) is 69.6 Å². The number of hydrogen-bond acceptors (Lipinski definition) is 5. The second kappa shape index (κ2) is 13.6. The molecule has 1 saturated carbocycles. The number of nitrogens with one attached hydrogen (secondary N) is 1. The zero-order valence-corrected chi connectivity index (χ0v) is 26.1. The Hall–Kier alpha value is -3.60. The quantitative estimate of drug-likeness (QED) is 0.419. The molecule has 3 amide bonds. The molecule has 0 bridgehead atoms. The van der Waals surface area contributed by atoms with E-state index in [1.165, 1.54) is 17.7 Å². The van der Waals surface area contributed by atoms with E-state index < -0.39 is 17.3 Å². The molecule has 1 N–H and O–H groups in total. The second-order valence-electron chi connectivity index (χ2n) is 13.6. The monoisotopic (exact) mass is 640 g/mol. The maximum absolute atomic E-state index is 13.1. The number of alkyl halides is 3. The van der Waals surface area contributed by atoms with Gasteiger partial charge in [0.25, 0.3) is 5.91 Å². The van der Waals surface area contributed by atoms with E-state index in [1.807, 2.05) is 6.07 Å². The first-order valence-electron chi connectivity index (χ1n) is 16.6. The van der Waals surface area contributed by atoms with Crippen molar-refractivity contribution in [1.29, 1.82) is 0 Å². The van der Waals surface area contributed by atoms with Crippen LogP contribution in [-0.4, -0.2) is 83.5 Å². The highest BCUT2D eigenvalue weighted by atomic mass is 19.4. The molecule has 0 unspecified atom stereocenters. The minimum atomic E-state index is -4.45.